The summed E-state index contributed by atoms with van der Waals surface area (Å²) in [5.41, 5.74) is 7.44. The van der Waals surface area contributed by atoms with E-state index in [1.54, 1.807) is 17.1 Å². The number of nitrogens with two attached hydrogens (primary N) is 1. The molecule has 0 saturated carbocycles. The Kier molecular flexibility index (Phi) is 1.83. The molecule has 0 aliphatic carbocycles. The highest BCUT2D eigenvalue weighted by molar-refractivity contribution is 5.77. The fourth-order valence-corrected chi connectivity index (χ4v) is 1.57. The summed E-state index contributed by atoms with van der Waals surface area (Å²) >= 11 is 0. The van der Waals surface area contributed by atoms with Gasteiger partial charge in [-0.3, -0.25) is 0 Å². The van der Waals surface area contributed by atoms with Crippen LogP contribution in [0.3, 0.4) is 0 Å². The van der Waals surface area contributed by atoms with E-state index in [4.69, 9.17) is 5.73 Å². The number of aromatic nitrogens is 4. The summed E-state index contributed by atoms with van der Waals surface area (Å²) in [7, 11) is 0. The zero-order valence-electron chi connectivity index (χ0n) is 8.41. The van der Waals surface area contributed by atoms with Gasteiger partial charge in [0.05, 0.1) is 11.0 Å². The van der Waals surface area contributed by atoms with Gasteiger partial charge in [0.2, 0.25) is 0 Å². The van der Waals surface area contributed by atoms with Crippen LogP contribution in [0.4, 0.5) is 5.82 Å². The summed E-state index contributed by atoms with van der Waals surface area (Å²) in [6.07, 6.45) is 3.46. The first kappa shape index (κ1) is 8.84. The number of para-hydroxylation sites is 2. The van der Waals surface area contributed by atoms with E-state index in [2.05, 4.69) is 15.1 Å². The van der Waals surface area contributed by atoms with Gasteiger partial charge in [-0.2, -0.15) is 5.10 Å². The van der Waals surface area contributed by atoms with Gasteiger partial charge in [-0.05, 0) is 18.2 Å². The van der Waals surface area contributed by atoms with Gasteiger partial charge in [-0.25, -0.2) is 14.6 Å². The first-order chi connectivity index (χ1) is 7.84. The van der Waals surface area contributed by atoms with Crippen molar-refractivity contribution in [3.63, 3.8) is 0 Å². The molecular weight excluding hydrogens is 202 g/mol. The number of anilines is 1. The Labute approximate surface area is 91.6 Å². The molecule has 5 heteroatoms. The van der Waals surface area contributed by atoms with Crippen molar-refractivity contribution < 1.29 is 0 Å². The van der Waals surface area contributed by atoms with Crippen molar-refractivity contribution >= 4 is 16.9 Å². The van der Waals surface area contributed by atoms with Crippen molar-refractivity contribution in [2.24, 2.45) is 0 Å². The fourth-order valence-electron chi connectivity index (χ4n) is 1.57. The van der Waals surface area contributed by atoms with Gasteiger partial charge in [0.15, 0.2) is 11.6 Å². The summed E-state index contributed by atoms with van der Waals surface area (Å²) in [5.74, 6) is 0.936. The van der Waals surface area contributed by atoms with Crippen LogP contribution in [0.5, 0.6) is 0 Å². The number of nitrogen functional groups attached to an aromatic ring is 1. The fraction of sp³-hybridized carbons (Fsp3) is 0. The first-order valence-corrected chi connectivity index (χ1v) is 4.87. The molecule has 0 bridgehead atoms. The molecule has 0 aliphatic rings. The molecule has 0 fully saturated rings. The molecular formula is C11H9N5. The summed E-state index contributed by atoms with van der Waals surface area (Å²) < 4.78 is 1.61. The quantitative estimate of drug-likeness (QED) is 0.660. The van der Waals surface area contributed by atoms with Crippen LogP contribution in [0.15, 0.2) is 42.7 Å². The molecule has 2 aromatic heterocycles. The van der Waals surface area contributed by atoms with E-state index in [1.807, 2.05) is 30.3 Å². The highest BCUT2D eigenvalue weighted by Crippen LogP contribution is 2.16. The summed E-state index contributed by atoms with van der Waals surface area (Å²) in [6, 6.07) is 9.42. The predicted molar refractivity (Wildman–Crippen MR) is 61.1 cm³/mol. The molecule has 78 valence electrons. The highest BCUT2D eigenvalue weighted by Gasteiger charge is 2.07. The van der Waals surface area contributed by atoms with Gasteiger partial charge < -0.3 is 5.73 Å². The van der Waals surface area contributed by atoms with Crippen LogP contribution in [0, 0.1) is 0 Å². The summed E-state index contributed by atoms with van der Waals surface area (Å²) in [4.78, 5) is 8.72. The van der Waals surface area contributed by atoms with E-state index in [-0.39, 0.29) is 0 Å². The maximum Gasteiger partial charge on any atom is 0.196 e. The topological polar surface area (TPSA) is 69.6 Å². The van der Waals surface area contributed by atoms with Crippen molar-refractivity contribution in [1.29, 1.82) is 0 Å². The number of rotatable bonds is 1. The number of hydrogen-bond acceptors (Lipinski definition) is 4. The molecule has 0 amide bonds. The van der Waals surface area contributed by atoms with Crippen molar-refractivity contribution in [2.45, 2.75) is 0 Å². The Hall–Kier alpha value is -2.43. The zero-order valence-corrected chi connectivity index (χ0v) is 8.41. The average Bonchev–Trinajstić information content (AvgIpc) is 2.81. The van der Waals surface area contributed by atoms with Crippen molar-refractivity contribution in [1.82, 2.24) is 19.7 Å². The third-order valence-corrected chi connectivity index (χ3v) is 2.30. The molecule has 0 spiro atoms. The summed E-state index contributed by atoms with van der Waals surface area (Å²) in [6.45, 7) is 0. The third-order valence-electron chi connectivity index (χ3n) is 2.30. The lowest BCUT2D eigenvalue weighted by atomic mass is 10.3. The minimum atomic E-state index is 0.377. The van der Waals surface area contributed by atoms with Gasteiger partial charge in [-0.1, -0.05) is 12.1 Å². The zero-order chi connectivity index (χ0) is 11.0. The molecule has 1 aromatic carbocycles. The summed E-state index contributed by atoms with van der Waals surface area (Å²) in [5, 5.41) is 4.09. The third kappa shape index (κ3) is 1.30. The Morgan fingerprint density at radius 1 is 1.00 bits per heavy atom. The maximum absolute atomic E-state index is 5.84. The highest BCUT2D eigenvalue weighted by atomic mass is 15.3. The van der Waals surface area contributed by atoms with Crippen molar-refractivity contribution in [3.05, 3.63) is 42.7 Å². The smallest absolute Gasteiger partial charge is 0.196 e. The SMILES string of the molecule is Nc1nc2ccccc2nc1-n1cccn1. The minimum Gasteiger partial charge on any atom is -0.381 e. The monoisotopic (exact) mass is 211 g/mol. The second-order valence-corrected chi connectivity index (χ2v) is 3.37. The van der Waals surface area contributed by atoms with Gasteiger partial charge in [0.1, 0.15) is 0 Å². The van der Waals surface area contributed by atoms with E-state index in [1.165, 1.54) is 0 Å². The normalized spacial score (nSPS) is 10.8. The van der Waals surface area contributed by atoms with Gasteiger partial charge >= 0.3 is 0 Å². The van der Waals surface area contributed by atoms with Crippen LogP contribution in [-0.2, 0) is 0 Å². The molecule has 16 heavy (non-hydrogen) atoms. The predicted octanol–water partition coefficient (Wildman–Crippen LogP) is 1.40. The lowest BCUT2D eigenvalue weighted by Crippen LogP contribution is -2.05. The van der Waals surface area contributed by atoms with Crippen molar-refractivity contribution in [2.75, 3.05) is 5.73 Å². The number of fused-ring (bicyclic) bond motifs is 1. The molecule has 3 aromatic rings. The second kappa shape index (κ2) is 3.30. The largest absolute Gasteiger partial charge is 0.381 e. The first-order valence-electron chi connectivity index (χ1n) is 4.87. The molecule has 2 N–H and O–H groups in total. The van der Waals surface area contributed by atoms with E-state index < -0.39 is 0 Å². The molecule has 0 aliphatic heterocycles. The van der Waals surface area contributed by atoms with Crippen LogP contribution in [0.2, 0.25) is 0 Å². The molecule has 5 nitrogen and oxygen atoms in total. The van der Waals surface area contributed by atoms with Gasteiger partial charge in [0.25, 0.3) is 0 Å². The maximum atomic E-state index is 5.84. The lowest BCUT2D eigenvalue weighted by molar-refractivity contribution is 0.850. The van der Waals surface area contributed by atoms with Gasteiger partial charge in [0, 0.05) is 12.4 Å². The molecule has 3 rings (SSSR count). The molecule has 0 unspecified atom stereocenters. The Balaban J connectivity index is 2.30. The minimum absolute atomic E-state index is 0.377. The van der Waals surface area contributed by atoms with Crippen LogP contribution in [0.1, 0.15) is 0 Å². The standard InChI is InChI=1S/C11H9N5/c12-10-11(16-7-3-6-13-16)15-9-5-2-1-4-8(9)14-10/h1-7H,(H2,12,14). The number of hydrogen-bond donors (Lipinski definition) is 1. The van der Waals surface area contributed by atoms with E-state index in [9.17, 15) is 0 Å². The van der Waals surface area contributed by atoms with E-state index in [0.717, 1.165) is 11.0 Å². The average molecular weight is 211 g/mol. The van der Waals surface area contributed by atoms with Crippen LogP contribution in [-0.4, -0.2) is 19.7 Å². The lowest BCUT2D eigenvalue weighted by Gasteiger charge is -2.05. The Morgan fingerprint density at radius 2 is 1.75 bits per heavy atom. The molecule has 0 saturated heterocycles. The Bertz CT molecular complexity index is 630. The number of benzene rings is 1. The van der Waals surface area contributed by atoms with E-state index in [0.29, 0.717) is 11.6 Å². The molecule has 2 heterocycles. The van der Waals surface area contributed by atoms with Crippen molar-refractivity contribution in [3.8, 4) is 5.82 Å². The van der Waals surface area contributed by atoms with Crippen LogP contribution >= 0.6 is 0 Å². The Morgan fingerprint density at radius 3 is 2.44 bits per heavy atom. The van der Waals surface area contributed by atoms with Crippen LogP contribution < -0.4 is 5.73 Å². The number of nitrogens with zero attached hydrogens (tertiary/aromatic N) is 4. The second-order valence-electron chi connectivity index (χ2n) is 3.37. The van der Waals surface area contributed by atoms with E-state index >= 15 is 0 Å². The molecule has 0 atom stereocenters. The van der Waals surface area contributed by atoms with Gasteiger partial charge in [-0.15, -0.1) is 0 Å². The van der Waals surface area contributed by atoms with Crippen LogP contribution in [0.25, 0.3) is 16.9 Å². The molecule has 0 radical (unpaired) electrons.